The van der Waals surface area contributed by atoms with E-state index in [9.17, 15) is 4.79 Å². The van der Waals surface area contributed by atoms with Crippen LogP contribution in [0.15, 0.2) is 60.8 Å². The number of piperidine rings is 1. The van der Waals surface area contributed by atoms with E-state index in [4.69, 9.17) is 0 Å². The van der Waals surface area contributed by atoms with Crippen molar-refractivity contribution in [2.24, 2.45) is 0 Å². The Morgan fingerprint density at radius 1 is 1.04 bits per heavy atom. The monoisotopic (exact) mass is 304 g/mol. The number of nitrogens with one attached hydrogen (secondary N) is 1. The number of hydrogen-bond donors (Lipinski definition) is 1. The van der Waals surface area contributed by atoms with Crippen LogP contribution in [0, 0.1) is 0 Å². The van der Waals surface area contributed by atoms with E-state index in [0.29, 0.717) is 0 Å². The fourth-order valence-electron chi connectivity index (χ4n) is 3.55. The van der Waals surface area contributed by atoms with Gasteiger partial charge in [0.15, 0.2) is 0 Å². The summed E-state index contributed by atoms with van der Waals surface area (Å²) in [6, 6.07) is 18.4. The lowest BCUT2D eigenvalue weighted by Gasteiger charge is -2.36. The summed E-state index contributed by atoms with van der Waals surface area (Å²) >= 11 is 0. The van der Waals surface area contributed by atoms with E-state index in [1.807, 2.05) is 41.4 Å². The Morgan fingerprint density at radius 2 is 1.91 bits per heavy atom. The van der Waals surface area contributed by atoms with Gasteiger partial charge in [-0.25, -0.2) is 0 Å². The van der Waals surface area contributed by atoms with Crippen molar-refractivity contribution in [1.29, 1.82) is 0 Å². The summed E-state index contributed by atoms with van der Waals surface area (Å²) in [6.07, 6.45) is 5.26. The lowest BCUT2D eigenvalue weighted by Crippen LogP contribution is -2.38. The van der Waals surface area contributed by atoms with Gasteiger partial charge in [-0.2, -0.15) is 0 Å². The summed E-state index contributed by atoms with van der Waals surface area (Å²) in [6.45, 7) is 0.837. The molecule has 1 aromatic heterocycles. The van der Waals surface area contributed by atoms with Crippen LogP contribution in [-0.4, -0.2) is 22.3 Å². The number of amides is 1. The van der Waals surface area contributed by atoms with Gasteiger partial charge in [0.25, 0.3) is 5.91 Å². The predicted molar refractivity (Wildman–Crippen MR) is 92.4 cm³/mol. The average Bonchev–Trinajstić information content (AvgIpc) is 3.09. The molecule has 3 heteroatoms. The molecule has 1 fully saturated rings. The second-order valence-electron chi connectivity index (χ2n) is 6.20. The molecular weight excluding hydrogens is 284 g/mol. The van der Waals surface area contributed by atoms with Crippen molar-refractivity contribution in [1.82, 2.24) is 9.88 Å². The van der Waals surface area contributed by atoms with E-state index >= 15 is 0 Å². The van der Waals surface area contributed by atoms with E-state index in [2.05, 4.69) is 29.2 Å². The van der Waals surface area contributed by atoms with Crippen molar-refractivity contribution in [2.75, 3.05) is 6.54 Å². The Balaban J connectivity index is 1.68. The molecule has 1 N–H and O–H groups in total. The van der Waals surface area contributed by atoms with Crippen LogP contribution in [0.2, 0.25) is 0 Å². The van der Waals surface area contributed by atoms with E-state index in [-0.39, 0.29) is 11.9 Å². The molecule has 1 saturated heterocycles. The molecule has 0 bridgehead atoms. The number of fused-ring (bicyclic) bond motifs is 1. The summed E-state index contributed by atoms with van der Waals surface area (Å²) in [5, 5.41) is 1.21. The summed E-state index contributed by atoms with van der Waals surface area (Å²) in [7, 11) is 0. The van der Waals surface area contributed by atoms with E-state index in [0.717, 1.165) is 30.5 Å². The fraction of sp³-hybridized carbons (Fsp3) is 0.250. The highest BCUT2D eigenvalue weighted by atomic mass is 16.2. The van der Waals surface area contributed by atoms with E-state index in [1.54, 1.807) is 0 Å². The smallest absolute Gasteiger partial charge is 0.254 e. The number of H-pyrrole nitrogens is 1. The fourth-order valence-corrected chi connectivity index (χ4v) is 3.55. The molecule has 0 spiro atoms. The molecule has 23 heavy (non-hydrogen) atoms. The molecule has 0 radical (unpaired) electrons. The number of aromatic nitrogens is 1. The molecule has 116 valence electrons. The standard InChI is InChI=1S/C20H20N2O/c23-20(15-6-2-1-3-7-15)22-13-5-4-8-19(22)17-9-10-18-16(14-17)11-12-21-18/h1-3,6-7,9-12,14,19,21H,4-5,8,13H2/t19-/m0/s1. The van der Waals surface area contributed by atoms with Gasteiger partial charge in [0.05, 0.1) is 6.04 Å². The van der Waals surface area contributed by atoms with Crippen molar-refractivity contribution in [3.05, 3.63) is 71.9 Å². The second kappa shape index (κ2) is 5.92. The lowest BCUT2D eigenvalue weighted by molar-refractivity contribution is 0.0611. The summed E-state index contributed by atoms with van der Waals surface area (Å²) < 4.78 is 0. The van der Waals surface area contributed by atoms with Gasteiger partial charge >= 0.3 is 0 Å². The Hall–Kier alpha value is -2.55. The molecule has 4 rings (SSSR count). The average molecular weight is 304 g/mol. The molecule has 3 aromatic rings. The first kappa shape index (κ1) is 14.1. The minimum atomic E-state index is 0.143. The van der Waals surface area contributed by atoms with Crippen LogP contribution in [0.25, 0.3) is 10.9 Å². The van der Waals surface area contributed by atoms with Crippen molar-refractivity contribution in [2.45, 2.75) is 25.3 Å². The maximum Gasteiger partial charge on any atom is 0.254 e. The summed E-state index contributed by atoms with van der Waals surface area (Å²) in [4.78, 5) is 18.2. The van der Waals surface area contributed by atoms with Crippen LogP contribution in [0.5, 0.6) is 0 Å². The van der Waals surface area contributed by atoms with Crippen molar-refractivity contribution in [3.8, 4) is 0 Å². The molecule has 2 heterocycles. The maximum atomic E-state index is 12.9. The van der Waals surface area contributed by atoms with Gasteiger partial charge in [-0.15, -0.1) is 0 Å². The number of likely N-dealkylation sites (tertiary alicyclic amines) is 1. The molecule has 1 aliphatic heterocycles. The molecule has 3 nitrogen and oxygen atoms in total. The normalized spacial score (nSPS) is 18.3. The zero-order chi connectivity index (χ0) is 15.6. The van der Waals surface area contributed by atoms with Crippen LogP contribution in [0.1, 0.15) is 41.2 Å². The predicted octanol–water partition coefficient (Wildman–Crippen LogP) is 4.54. The van der Waals surface area contributed by atoms with Crippen molar-refractivity contribution < 1.29 is 4.79 Å². The topological polar surface area (TPSA) is 36.1 Å². The van der Waals surface area contributed by atoms with Crippen LogP contribution < -0.4 is 0 Å². The van der Waals surface area contributed by atoms with Gasteiger partial charge in [0, 0.05) is 23.8 Å². The minimum Gasteiger partial charge on any atom is -0.361 e. The highest BCUT2D eigenvalue weighted by Crippen LogP contribution is 2.33. The van der Waals surface area contributed by atoms with Gasteiger partial charge in [-0.3, -0.25) is 4.79 Å². The molecule has 1 amide bonds. The molecule has 1 aliphatic rings. The van der Waals surface area contributed by atoms with E-state index in [1.165, 1.54) is 17.4 Å². The lowest BCUT2D eigenvalue weighted by atomic mass is 9.93. The molecule has 0 unspecified atom stereocenters. The van der Waals surface area contributed by atoms with Crippen LogP contribution >= 0.6 is 0 Å². The number of aromatic amines is 1. The number of rotatable bonds is 2. The Morgan fingerprint density at radius 3 is 2.78 bits per heavy atom. The van der Waals surface area contributed by atoms with Gasteiger partial charge < -0.3 is 9.88 Å². The van der Waals surface area contributed by atoms with Crippen LogP contribution in [0.3, 0.4) is 0 Å². The summed E-state index contributed by atoms with van der Waals surface area (Å²) in [5.41, 5.74) is 3.16. The zero-order valence-electron chi connectivity index (χ0n) is 13.0. The van der Waals surface area contributed by atoms with Gasteiger partial charge in [-0.1, -0.05) is 24.3 Å². The molecule has 0 saturated carbocycles. The Kier molecular flexibility index (Phi) is 3.62. The molecular formula is C20H20N2O. The Bertz CT molecular complexity index is 822. The van der Waals surface area contributed by atoms with Gasteiger partial charge in [-0.05, 0) is 60.5 Å². The SMILES string of the molecule is O=C(c1ccccc1)N1CCCC[C@H]1c1ccc2[nH]ccc2c1. The number of nitrogens with zero attached hydrogens (tertiary/aromatic N) is 1. The first-order valence-corrected chi connectivity index (χ1v) is 8.26. The number of benzene rings is 2. The third-order valence-electron chi connectivity index (χ3n) is 4.75. The molecule has 2 aromatic carbocycles. The van der Waals surface area contributed by atoms with Gasteiger partial charge in [0.1, 0.15) is 0 Å². The quantitative estimate of drug-likeness (QED) is 0.741. The third-order valence-corrected chi connectivity index (χ3v) is 4.75. The number of carbonyl (C=O) groups excluding carboxylic acids is 1. The molecule has 1 atom stereocenters. The zero-order valence-corrected chi connectivity index (χ0v) is 13.0. The highest BCUT2D eigenvalue weighted by molar-refractivity contribution is 5.94. The number of carbonyl (C=O) groups is 1. The first-order chi connectivity index (χ1) is 11.3. The largest absolute Gasteiger partial charge is 0.361 e. The van der Waals surface area contributed by atoms with Crippen LogP contribution in [-0.2, 0) is 0 Å². The summed E-state index contributed by atoms with van der Waals surface area (Å²) in [5.74, 6) is 0.143. The van der Waals surface area contributed by atoms with Gasteiger partial charge in [0.2, 0.25) is 0 Å². The van der Waals surface area contributed by atoms with Crippen LogP contribution in [0.4, 0.5) is 0 Å². The molecule has 0 aliphatic carbocycles. The minimum absolute atomic E-state index is 0.143. The van der Waals surface area contributed by atoms with Crippen molar-refractivity contribution in [3.63, 3.8) is 0 Å². The van der Waals surface area contributed by atoms with E-state index < -0.39 is 0 Å². The number of hydrogen-bond acceptors (Lipinski definition) is 1. The second-order valence-corrected chi connectivity index (χ2v) is 6.20. The highest BCUT2D eigenvalue weighted by Gasteiger charge is 2.28. The van der Waals surface area contributed by atoms with Crippen molar-refractivity contribution >= 4 is 16.8 Å². The maximum absolute atomic E-state index is 12.9. The third kappa shape index (κ3) is 2.63. The first-order valence-electron chi connectivity index (χ1n) is 8.26. The Labute approximate surface area is 135 Å².